The molecule has 1 aliphatic rings. The van der Waals surface area contributed by atoms with Gasteiger partial charge in [-0.1, -0.05) is 13.8 Å². The molecule has 0 aliphatic carbocycles. The number of hydrogen-bond donors (Lipinski definition) is 1. The van der Waals surface area contributed by atoms with Crippen LogP contribution < -0.4 is 10.1 Å². The number of hydrogen-bond acceptors (Lipinski definition) is 4. The van der Waals surface area contributed by atoms with Gasteiger partial charge in [0, 0.05) is 18.8 Å². The first-order chi connectivity index (χ1) is 12.9. The largest absolute Gasteiger partial charge is 0.476 e. The fourth-order valence-corrected chi connectivity index (χ4v) is 3.41. The van der Waals surface area contributed by atoms with E-state index < -0.39 is 23.0 Å². The van der Waals surface area contributed by atoms with Gasteiger partial charge in [-0.05, 0) is 57.8 Å². The zero-order chi connectivity index (χ0) is 21.1. The lowest BCUT2D eigenvalue weighted by atomic mass is 9.82. The van der Waals surface area contributed by atoms with Gasteiger partial charge in [0.05, 0.1) is 5.41 Å². The van der Waals surface area contributed by atoms with Crippen molar-refractivity contribution >= 4 is 5.91 Å². The van der Waals surface area contributed by atoms with Crippen molar-refractivity contribution < 1.29 is 22.7 Å². The quantitative estimate of drug-likeness (QED) is 0.791. The van der Waals surface area contributed by atoms with Gasteiger partial charge in [-0.2, -0.15) is 13.2 Å². The number of aromatic nitrogens is 1. The molecule has 8 heteroatoms. The topological polar surface area (TPSA) is 54.5 Å². The van der Waals surface area contributed by atoms with E-state index in [0.717, 1.165) is 25.6 Å². The number of piperidine rings is 1. The summed E-state index contributed by atoms with van der Waals surface area (Å²) in [5.74, 6) is 0.00901. The van der Waals surface area contributed by atoms with Crippen LogP contribution >= 0.6 is 0 Å². The maximum Gasteiger partial charge on any atom is 0.421 e. The molecular formula is C20H30F3N3O2. The average molecular weight is 401 g/mol. The number of rotatable bonds is 6. The Morgan fingerprint density at radius 1 is 1.39 bits per heavy atom. The van der Waals surface area contributed by atoms with Crippen molar-refractivity contribution in [1.29, 1.82) is 0 Å². The van der Waals surface area contributed by atoms with E-state index in [4.69, 9.17) is 4.74 Å². The van der Waals surface area contributed by atoms with E-state index in [1.165, 1.54) is 12.3 Å². The summed E-state index contributed by atoms with van der Waals surface area (Å²) >= 11 is 0. The minimum Gasteiger partial charge on any atom is -0.476 e. The predicted molar refractivity (Wildman–Crippen MR) is 101 cm³/mol. The van der Waals surface area contributed by atoms with E-state index in [2.05, 4.69) is 36.1 Å². The molecule has 1 amide bonds. The SMILES string of the molecule is CC(C)[C@H]1CN(C)CC[C@@H]1NC(=O)C(C)(C)COc1ncccc1C(F)(F)F. The highest BCUT2D eigenvalue weighted by Gasteiger charge is 2.38. The zero-order valence-corrected chi connectivity index (χ0v) is 17.1. The first-order valence-corrected chi connectivity index (χ1v) is 9.56. The van der Waals surface area contributed by atoms with E-state index in [-0.39, 0.29) is 18.6 Å². The van der Waals surface area contributed by atoms with Crippen molar-refractivity contribution in [1.82, 2.24) is 15.2 Å². The summed E-state index contributed by atoms with van der Waals surface area (Å²) in [5, 5.41) is 3.10. The fourth-order valence-electron chi connectivity index (χ4n) is 3.41. The van der Waals surface area contributed by atoms with E-state index in [1.807, 2.05) is 0 Å². The van der Waals surface area contributed by atoms with Gasteiger partial charge in [-0.3, -0.25) is 4.79 Å². The van der Waals surface area contributed by atoms with Gasteiger partial charge in [-0.15, -0.1) is 0 Å². The standard InChI is InChI=1S/C20H30F3N3O2/c1-13(2)14-11-26(5)10-8-16(14)25-18(27)19(3,4)12-28-17-15(20(21,22)23)7-6-9-24-17/h6-7,9,13-14,16H,8,10-12H2,1-5H3,(H,25,27)/t14-,16+/m1/s1. The number of alkyl halides is 3. The fraction of sp³-hybridized carbons (Fsp3) is 0.700. The van der Waals surface area contributed by atoms with Crippen LogP contribution in [0.2, 0.25) is 0 Å². The molecule has 1 fully saturated rings. The molecule has 0 spiro atoms. The van der Waals surface area contributed by atoms with Crippen molar-refractivity contribution in [3.63, 3.8) is 0 Å². The van der Waals surface area contributed by atoms with Gasteiger partial charge in [0.1, 0.15) is 12.2 Å². The van der Waals surface area contributed by atoms with Crippen LogP contribution in [0.1, 0.15) is 39.7 Å². The van der Waals surface area contributed by atoms with Crippen molar-refractivity contribution in [3.8, 4) is 5.88 Å². The van der Waals surface area contributed by atoms with E-state index in [1.54, 1.807) is 13.8 Å². The third-order valence-corrected chi connectivity index (χ3v) is 5.29. The maximum absolute atomic E-state index is 13.1. The maximum atomic E-state index is 13.1. The van der Waals surface area contributed by atoms with Crippen LogP contribution in [-0.2, 0) is 11.0 Å². The number of carbonyl (C=O) groups is 1. The van der Waals surface area contributed by atoms with Crippen LogP contribution in [0.15, 0.2) is 18.3 Å². The number of nitrogens with one attached hydrogen (secondary N) is 1. The lowest BCUT2D eigenvalue weighted by Gasteiger charge is -2.40. The van der Waals surface area contributed by atoms with Crippen molar-refractivity contribution in [2.75, 3.05) is 26.7 Å². The lowest BCUT2D eigenvalue weighted by Crippen LogP contribution is -2.54. The molecule has 1 aromatic rings. The molecule has 1 aliphatic heterocycles. The summed E-state index contributed by atoms with van der Waals surface area (Å²) in [6.07, 6.45) is -2.47. The van der Waals surface area contributed by atoms with Crippen LogP contribution in [0.5, 0.6) is 5.88 Å². The molecule has 1 N–H and O–H groups in total. The summed E-state index contributed by atoms with van der Waals surface area (Å²) in [6, 6.07) is 2.17. The normalized spacial score (nSPS) is 21.6. The predicted octanol–water partition coefficient (Wildman–Crippen LogP) is 3.60. The molecule has 5 nitrogen and oxygen atoms in total. The molecule has 0 bridgehead atoms. The summed E-state index contributed by atoms with van der Waals surface area (Å²) in [4.78, 5) is 18.8. The highest BCUT2D eigenvalue weighted by atomic mass is 19.4. The monoisotopic (exact) mass is 401 g/mol. The minimum absolute atomic E-state index is 0.0450. The Morgan fingerprint density at radius 2 is 2.07 bits per heavy atom. The number of likely N-dealkylation sites (tertiary alicyclic amines) is 1. The number of carbonyl (C=O) groups excluding carboxylic acids is 1. The second kappa shape index (κ2) is 8.68. The Hall–Kier alpha value is -1.83. The molecule has 0 aromatic carbocycles. The summed E-state index contributed by atoms with van der Waals surface area (Å²) in [6.45, 7) is 9.21. The molecule has 158 valence electrons. The summed E-state index contributed by atoms with van der Waals surface area (Å²) < 4.78 is 44.6. The minimum atomic E-state index is -4.56. The third kappa shape index (κ3) is 5.59. The van der Waals surface area contributed by atoms with Gasteiger partial charge in [-0.25, -0.2) is 4.98 Å². The highest BCUT2D eigenvalue weighted by Crippen LogP contribution is 2.35. The van der Waals surface area contributed by atoms with Crippen LogP contribution in [0.3, 0.4) is 0 Å². The van der Waals surface area contributed by atoms with Crippen LogP contribution in [-0.4, -0.2) is 48.6 Å². The molecule has 1 saturated heterocycles. The van der Waals surface area contributed by atoms with Crippen molar-refractivity contribution in [3.05, 3.63) is 23.9 Å². The molecule has 0 saturated carbocycles. The number of ether oxygens (including phenoxy) is 1. The Labute approximate surface area is 164 Å². The van der Waals surface area contributed by atoms with Crippen LogP contribution in [0, 0.1) is 17.3 Å². The number of amides is 1. The molecule has 2 atom stereocenters. The van der Waals surface area contributed by atoms with Crippen molar-refractivity contribution in [2.24, 2.45) is 17.3 Å². The van der Waals surface area contributed by atoms with Crippen molar-refractivity contribution in [2.45, 2.75) is 46.3 Å². The van der Waals surface area contributed by atoms with Gasteiger partial charge in [0.25, 0.3) is 0 Å². The van der Waals surface area contributed by atoms with E-state index in [9.17, 15) is 18.0 Å². The van der Waals surface area contributed by atoms with Gasteiger partial charge >= 0.3 is 6.18 Å². The Bertz CT molecular complexity index is 677. The number of nitrogens with zero attached hydrogens (tertiary/aromatic N) is 2. The van der Waals surface area contributed by atoms with Gasteiger partial charge in [0.2, 0.25) is 11.8 Å². The number of pyridine rings is 1. The van der Waals surface area contributed by atoms with E-state index >= 15 is 0 Å². The van der Waals surface area contributed by atoms with Gasteiger partial charge in [0.15, 0.2) is 0 Å². The van der Waals surface area contributed by atoms with Crippen LogP contribution in [0.25, 0.3) is 0 Å². The lowest BCUT2D eigenvalue weighted by molar-refractivity contribution is -0.139. The summed E-state index contributed by atoms with van der Waals surface area (Å²) in [5.41, 5.74) is -1.94. The Morgan fingerprint density at radius 3 is 2.68 bits per heavy atom. The first kappa shape index (κ1) is 22.5. The molecule has 0 radical (unpaired) electrons. The number of halogens is 3. The molecule has 2 heterocycles. The first-order valence-electron chi connectivity index (χ1n) is 9.56. The molecular weight excluding hydrogens is 371 g/mol. The second-order valence-electron chi connectivity index (χ2n) is 8.57. The molecule has 1 aromatic heterocycles. The third-order valence-electron chi connectivity index (χ3n) is 5.29. The molecule has 0 unspecified atom stereocenters. The summed E-state index contributed by atoms with van der Waals surface area (Å²) in [7, 11) is 2.07. The van der Waals surface area contributed by atoms with E-state index in [0.29, 0.717) is 11.8 Å². The Balaban J connectivity index is 2.04. The molecule has 28 heavy (non-hydrogen) atoms. The average Bonchev–Trinajstić information content (AvgIpc) is 2.60. The van der Waals surface area contributed by atoms with Crippen LogP contribution in [0.4, 0.5) is 13.2 Å². The zero-order valence-electron chi connectivity index (χ0n) is 17.1. The second-order valence-corrected chi connectivity index (χ2v) is 8.57. The Kier molecular flexibility index (Phi) is 6.96. The van der Waals surface area contributed by atoms with Gasteiger partial charge < -0.3 is 15.0 Å². The highest BCUT2D eigenvalue weighted by molar-refractivity contribution is 5.82. The molecule has 2 rings (SSSR count). The smallest absolute Gasteiger partial charge is 0.421 e.